The van der Waals surface area contributed by atoms with Crippen molar-refractivity contribution in [3.8, 4) is 0 Å². The maximum atomic E-state index is 12.0. The van der Waals surface area contributed by atoms with E-state index in [2.05, 4.69) is 0 Å². The maximum Gasteiger partial charge on any atom is 0.351 e. The first-order chi connectivity index (χ1) is 22.0. The summed E-state index contributed by atoms with van der Waals surface area (Å²) in [6.45, 7) is 27.0. The maximum absolute atomic E-state index is 12.0. The molecule has 0 aromatic heterocycles. The van der Waals surface area contributed by atoms with E-state index in [1.165, 1.54) is 0 Å². The first-order valence-electron chi connectivity index (χ1n) is 17.0. The molecule has 0 radical (unpaired) electrons. The lowest BCUT2D eigenvalue weighted by atomic mass is 9.89. The summed E-state index contributed by atoms with van der Waals surface area (Å²) in [5, 5.41) is 9.85. The van der Waals surface area contributed by atoms with Gasteiger partial charge in [-0.2, -0.15) is 0 Å². The Hall–Kier alpha value is -3.22. The number of rotatable bonds is 9. The molecule has 3 rings (SSSR count). The Bertz CT molecular complexity index is 1250. The minimum Gasteiger partial charge on any atom is -0.462 e. The number of cyclic esters (lactones) is 3. The van der Waals surface area contributed by atoms with E-state index in [4.69, 9.17) is 28.4 Å². The Morgan fingerprint density at radius 1 is 0.837 bits per heavy atom. The minimum absolute atomic E-state index is 0.172. The van der Waals surface area contributed by atoms with Gasteiger partial charge in [-0.05, 0) is 81.6 Å². The third kappa shape index (κ3) is 11.1. The molecule has 3 saturated heterocycles. The molecule has 0 aromatic rings. The van der Waals surface area contributed by atoms with Crippen molar-refractivity contribution in [2.75, 3.05) is 6.61 Å². The summed E-state index contributed by atoms with van der Waals surface area (Å²) in [7, 11) is 0. The van der Waals surface area contributed by atoms with Crippen molar-refractivity contribution in [3.05, 3.63) is 0 Å². The lowest BCUT2D eigenvalue weighted by Gasteiger charge is -2.27. The fourth-order valence-corrected chi connectivity index (χ4v) is 4.58. The molecule has 1 N–H and O–H groups in total. The van der Waals surface area contributed by atoms with E-state index >= 15 is 0 Å². The van der Waals surface area contributed by atoms with Crippen molar-refractivity contribution in [1.82, 2.24) is 0 Å². The van der Waals surface area contributed by atoms with E-state index in [1.807, 2.05) is 62.3 Å². The monoisotopic (exact) mass is 700 g/mol. The predicted molar refractivity (Wildman–Crippen MR) is 178 cm³/mol. The van der Waals surface area contributed by atoms with Crippen LogP contribution in [-0.2, 0) is 57.2 Å². The first kappa shape index (κ1) is 43.8. The number of carbonyl (C=O) groups is 6. The van der Waals surface area contributed by atoms with E-state index in [0.29, 0.717) is 32.3 Å². The molecule has 0 spiro atoms. The van der Waals surface area contributed by atoms with E-state index in [-0.39, 0.29) is 17.9 Å². The second kappa shape index (κ2) is 15.8. The Kier molecular flexibility index (Phi) is 14.1. The molecular weight excluding hydrogens is 640 g/mol. The second-order valence-electron chi connectivity index (χ2n) is 16.4. The van der Waals surface area contributed by atoms with Gasteiger partial charge in [0.15, 0.2) is 0 Å². The topological polar surface area (TPSA) is 178 Å². The zero-order valence-electron chi connectivity index (χ0n) is 32.2. The number of esters is 6. The summed E-state index contributed by atoms with van der Waals surface area (Å²) in [6, 6.07) is 0. The van der Waals surface area contributed by atoms with Gasteiger partial charge in [0.1, 0.15) is 23.9 Å². The number of hydrogen-bond acceptors (Lipinski definition) is 13. The molecule has 3 aliphatic rings. The number of carbonyl (C=O) groups excluding carboxylic acids is 6. The Labute approximate surface area is 291 Å². The molecule has 0 amide bonds. The van der Waals surface area contributed by atoms with Crippen LogP contribution in [-0.4, -0.2) is 82.6 Å². The molecule has 0 saturated carbocycles. The highest BCUT2D eigenvalue weighted by Crippen LogP contribution is 2.38. The van der Waals surface area contributed by atoms with Gasteiger partial charge in [-0.15, -0.1) is 0 Å². The Morgan fingerprint density at radius 3 is 1.71 bits per heavy atom. The van der Waals surface area contributed by atoms with Gasteiger partial charge in [0.25, 0.3) is 0 Å². The first-order valence-corrected chi connectivity index (χ1v) is 17.0. The summed E-state index contributed by atoms with van der Waals surface area (Å²) in [6.07, 6.45) is -0.743. The average Bonchev–Trinajstić information content (AvgIpc) is 3.45. The number of ether oxygens (including phenoxy) is 6. The summed E-state index contributed by atoms with van der Waals surface area (Å²) in [5.74, 6) is -2.93. The van der Waals surface area contributed by atoms with Crippen molar-refractivity contribution >= 4 is 35.8 Å². The molecule has 3 heterocycles. The van der Waals surface area contributed by atoms with Gasteiger partial charge in [0, 0.05) is 11.8 Å². The zero-order valence-corrected chi connectivity index (χ0v) is 32.2. The summed E-state index contributed by atoms with van der Waals surface area (Å²) < 4.78 is 30.7. The number of hydrogen-bond donors (Lipinski definition) is 1. The fraction of sp³-hybridized carbons (Fsp3) is 0.833. The van der Waals surface area contributed by atoms with E-state index in [9.17, 15) is 33.9 Å². The highest BCUT2D eigenvalue weighted by atomic mass is 16.6. The van der Waals surface area contributed by atoms with Crippen LogP contribution in [0.3, 0.4) is 0 Å². The number of aliphatic hydroxyl groups excluding tert-OH is 1. The summed E-state index contributed by atoms with van der Waals surface area (Å²) in [5.41, 5.74) is -4.39. The van der Waals surface area contributed by atoms with Crippen molar-refractivity contribution in [2.24, 2.45) is 22.2 Å². The minimum atomic E-state index is -1.22. The molecule has 5 unspecified atom stereocenters. The van der Waals surface area contributed by atoms with Crippen molar-refractivity contribution < 1.29 is 62.3 Å². The smallest absolute Gasteiger partial charge is 0.351 e. The van der Waals surface area contributed by atoms with Crippen molar-refractivity contribution in [3.63, 3.8) is 0 Å². The third-order valence-corrected chi connectivity index (χ3v) is 9.34. The third-order valence-electron chi connectivity index (χ3n) is 9.34. The molecule has 13 nitrogen and oxygen atoms in total. The normalized spacial score (nSPS) is 27.2. The quantitative estimate of drug-likeness (QED) is 0.251. The standard InChI is InChI=1S/C13H22O4.C12H20O5.C11H18O4/c1-7-11(2,3)9(14)17-13(6)8-12(4,5)16-10(13)15;1-6-11(2,3)10(15)16-7-8(13)12(4,5)17-9(7)14;1-5-7(2)9(12)15-8-10(13)14-6-11(8,3)4/h7-8H2,1-6H3;7-8,13H,6H2,1-5H3;7-8H,5-6H2,1-4H3. The lowest BCUT2D eigenvalue weighted by molar-refractivity contribution is -0.178. The fourth-order valence-electron chi connectivity index (χ4n) is 4.58. The van der Waals surface area contributed by atoms with E-state index in [1.54, 1.807) is 41.5 Å². The van der Waals surface area contributed by atoms with Crippen LogP contribution in [0.15, 0.2) is 0 Å². The van der Waals surface area contributed by atoms with Crippen molar-refractivity contribution in [1.29, 1.82) is 0 Å². The van der Waals surface area contributed by atoms with Gasteiger partial charge in [0.2, 0.25) is 17.8 Å². The van der Waals surface area contributed by atoms with Gasteiger partial charge >= 0.3 is 35.8 Å². The average molecular weight is 701 g/mol. The van der Waals surface area contributed by atoms with Gasteiger partial charge in [-0.1, -0.05) is 41.5 Å². The highest BCUT2D eigenvalue weighted by Gasteiger charge is 2.54. The van der Waals surface area contributed by atoms with Gasteiger partial charge < -0.3 is 33.5 Å². The van der Waals surface area contributed by atoms with Gasteiger partial charge in [0.05, 0.1) is 16.7 Å². The van der Waals surface area contributed by atoms with E-state index in [0.717, 1.165) is 0 Å². The molecule has 0 aromatic carbocycles. The van der Waals surface area contributed by atoms with Crippen LogP contribution in [0.2, 0.25) is 0 Å². The van der Waals surface area contributed by atoms with E-state index < -0.39 is 75.2 Å². The zero-order chi connectivity index (χ0) is 38.6. The van der Waals surface area contributed by atoms with Gasteiger partial charge in [-0.25, -0.2) is 14.4 Å². The molecule has 5 atom stereocenters. The molecule has 0 bridgehead atoms. The SMILES string of the molecule is CCC(C)(C)C(=O)OC1(C)CC(C)(C)OC1=O.CCC(C)(C)C(=O)OC1C(=O)OC(C)(C)C1O.CCC(C)C(=O)OC1C(=O)OCC1(C)C. The summed E-state index contributed by atoms with van der Waals surface area (Å²) in [4.78, 5) is 69.9. The highest BCUT2D eigenvalue weighted by molar-refractivity contribution is 5.87. The molecule has 13 heteroatoms. The van der Waals surface area contributed by atoms with Crippen LogP contribution in [0.5, 0.6) is 0 Å². The Morgan fingerprint density at radius 2 is 1.35 bits per heavy atom. The largest absolute Gasteiger partial charge is 0.462 e. The van der Waals surface area contributed by atoms with Crippen LogP contribution in [0.1, 0.15) is 130 Å². The molecule has 0 aliphatic carbocycles. The number of aliphatic hydroxyl groups is 1. The van der Waals surface area contributed by atoms with Crippen LogP contribution >= 0.6 is 0 Å². The van der Waals surface area contributed by atoms with Crippen LogP contribution in [0, 0.1) is 22.2 Å². The lowest BCUT2D eigenvalue weighted by Crippen LogP contribution is -2.42. The van der Waals surface area contributed by atoms with Crippen molar-refractivity contribution in [2.45, 2.75) is 165 Å². The molecule has 3 fully saturated rings. The molecular formula is C36H60O13. The molecule has 49 heavy (non-hydrogen) atoms. The predicted octanol–water partition coefficient (Wildman–Crippen LogP) is 5.01. The van der Waals surface area contributed by atoms with Crippen LogP contribution in [0.4, 0.5) is 0 Å². The van der Waals surface area contributed by atoms with Crippen LogP contribution in [0.25, 0.3) is 0 Å². The molecule has 3 aliphatic heterocycles. The molecule has 282 valence electrons. The van der Waals surface area contributed by atoms with Gasteiger partial charge in [-0.3, -0.25) is 14.4 Å². The second-order valence-corrected chi connectivity index (χ2v) is 16.4. The Balaban J connectivity index is 0.000000368. The summed E-state index contributed by atoms with van der Waals surface area (Å²) >= 11 is 0. The van der Waals surface area contributed by atoms with Crippen LogP contribution < -0.4 is 0 Å².